The van der Waals surface area contributed by atoms with Crippen LogP contribution >= 0.6 is 0 Å². The second kappa shape index (κ2) is 4.91. The van der Waals surface area contributed by atoms with E-state index in [1.165, 1.54) is 11.1 Å². The summed E-state index contributed by atoms with van der Waals surface area (Å²) in [5, 5.41) is 0. The van der Waals surface area contributed by atoms with Gasteiger partial charge in [0.1, 0.15) is 0 Å². The summed E-state index contributed by atoms with van der Waals surface area (Å²) in [7, 11) is 0. The van der Waals surface area contributed by atoms with E-state index < -0.39 is 0 Å². The first-order valence-electron chi connectivity index (χ1n) is 4.31. The first-order valence-corrected chi connectivity index (χ1v) is 4.31. The van der Waals surface area contributed by atoms with Gasteiger partial charge in [-0.05, 0) is 38.3 Å². The summed E-state index contributed by atoms with van der Waals surface area (Å²) in [5.41, 5.74) is 2.53. The molecule has 0 aliphatic rings. The molecule has 0 aliphatic heterocycles. The van der Waals surface area contributed by atoms with Crippen molar-refractivity contribution in [1.82, 2.24) is 0 Å². The van der Waals surface area contributed by atoms with Gasteiger partial charge in [-0.1, -0.05) is 25.5 Å². The molecule has 12 heavy (non-hydrogen) atoms. The second-order valence-electron chi connectivity index (χ2n) is 3.55. The third-order valence-electron chi connectivity index (χ3n) is 1.70. The SMILES string of the molecule is CC(=O)/C=C/C(=C(C)C)C(C)C. The van der Waals surface area contributed by atoms with E-state index >= 15 is 0 Å². The molecule has 0 atom stereocenters. The van der Waals surface area contributed by atoms with E-state index in [-0.39, 0.29) is 5.78 Å². The van der Waals surface area contributed by atoms with Crippen LogP contribution in [0.4, 0.5) is 0 Å². The first kappa shape index (κ1) is 11.2. The minimum absolute atomic E-state index is 0.106. The van der Waals surface area contributed by atoms with Gasteiger partial charge in [0, 0.05) is 0 Å². The molecule has 0 radical (unpaired) electrons. The lowest BCUT2D eigenvalue weighted by Gasteiger charge is -2.08. The van der Waals surface area contributed by atoms with Crippen molar-refractivity contribution in [3.05, 3.63) is 23.3 Å². The molecule has 0 amide bonds. The number of allylic oxidation sites excluding steroid dienone is 4. The summed E-state index contributed by atoms with van der Waals surface area (Å²) in [6.45, 7) is 9.97. The van der Waals surface area contributed by atoms with E-state index in [2.05, 4.69) is 27.7 Å². The maximum atomic E-state index is 10.7. The van der Waals surface area contributed by atoms with Crippen molar-refractivity contribution in [3.63, 3.8) is 0 Å². The molecule has 0 bridgehead atoms. The van der Waals surface area contributed by atoms with Gasteiger partial charge < -0.3 is 0 Å². The van der Waals surface area contributed by atoms with E-state index in [9.17, 15) is 4.79 Å². The number of hydrogen-bond donors (Lipinski definition) is 0. The summed E-state index contributed by atoms with van der Waals surface area (Å²) in [6.07, 6.45) is 3.55. The Labute approximate surface area is 75.2 Å². The zero-order valence-corrected chi connectivity index (χ0v) is 8.64. The highest BCUT2D eigenvalue weighted by Crippen LogP contribution is 2.15. The molecule has 1 nitrogen and oxygen atoms in total. The lowest BCUT2D eigenvalue weighted by atomic mass is 9.98. The fourth-order valence-corrected chi connectivity index (χ4v) is 1.14. The summed E-state index contributed by atoms with van der Waals surface area (Å²) in [6, 6.07) is 0. The fraction of sp³-hybridized carbons (Fsp3) is 0.545. The third kappa shape index (κ3) is 4.12. The Hall–Kier alpha value is -0.850. The fourth-order valence-electron chi connectivity index (χ4n) is 1.14. The number of carbonyl (C=O) groups excluding carboxylic acids is 1. The Morgan fingerprint density at radius 2 is 1.58 bits per heavy atom. The number of hydrogen-bond acceptors (Lipinski definition) is 1. The normalized spacial score (nSPS) is 10.8. The van der Waals surface area contributed by atoms with Crippen LogP contribution in [-0.2, 0) is 4.79 Å². The van der Waals surface area contributed by atoms with Crippen molar-refractivity contribution >= 4 is 5.78 Å². The molecule has 0 aromatic heterocycles. The quantitative estimate of drug-likeness (QED) is 0.465. The number of ketones is 1. The zero-order chi connectivity index (χ0) is 9.72. The van der Waals surface area contributed by atoms with Crippen LogP contribution in [0.5, 0.6) is 0 Å². The molecule has 0 saturated heterocycles. The maximum absolute atomic E-state index is 10.7. The molecule has 0 fully saturated rings. The van der Waals surface area contributed by atoms with Crippen LogP contribution in [0.1, 0.15) is 34.6 Å². The molecular weight excluding hydrogens is 148 g/mol. The predicted molar refractivity (Wildman–Crippen MR) is 53.0 cm³/mol. The molecule has 68 valence electrons. The molecular formula is C11H18O. The van der Waals surface area contributed by atoms with Crippen LogP contribution in [0.2, 0.25) is 0 Å². The van der Waals surface area contributed by atoms with Gasteiger partial charge in [0.2, 0.25) is 0 Å². The monoisotopic (exact) mass is 166 g/mol. The van der Waals surface area contributed by atoms with Crippen molar-refractivity contribution < 1.29 is 4.79 Å². The average Bonchev–Trinajstić information content (AvgIpc) is 1.84. The van der Waals surface area contributed by atoms with Gasteiger partial charge >= 0.3 is 0 Å². The van der Waals surface area contributed by atoms with Crippen molar-refractivity contribution in [2.45, 2.75) is 34.6 Å². The van der Waals surface area contributed by atoms with E-state index in [4.69, 9.17) is 0 Å². The summed E-state index contributed by atoms with van der Waals surface area (Å²) >= 11 is 0. The Balaban J connectivity index is 4.58. The summed E-state index contributed by atoms with van der Waals surface area (Å²) in [5.74, 6) is 0.597. The summed E-state index contributed by atoms with van der Waals surface area (Å²) in [4.78, 5) is 10.7. The Morgan fingerprint density at radius 1 is 1.08 bits per heavy atom. The van der Waals surface area contributed by atoms with Crippen molar-refractivity contribution in [3.8, 4) is 0 Å². The third-order valence-corrected chi connectivity index (χ3v) is 1.70. The standard InChI is InChI=1S/C11H18O/c1-8(2)11(9(3)4)7-6-10(5)12/h6-8H,1-5H3/b7-6+. The molecule has 0 aliphatic carbocycles. The van der Waals surface area contributed by atoms with E-state index in [1.807, 2.05) is 6.08 Å². The second-order valence-corrected chi connectivity index (χ2v) is 3.55. The van der Waals surface area contributed by atoms with Gasteiger partial charge in [-0.3, -0.25) is 4.79 Å². The van der Waals surface area contributed by atoms with Gasteiger partial charge in [0.05, 0.1) is 0 Å². The van der Waals surface area contributed by atoms with Crippen molar-refractivity contribution in [2.75, 3.05) is 0 Å². The van der Waals surface area contributed by atoms with E-state index in [0.717, 1.165) is 0 Å². The van der Waals surface area contributed by atoms with Crippen LogP contribution in [0, 0.1) is 5.92 Å². The van der Waals surface area contributed by atoms with Crippen molar-refractivity contribution in [2.24, 2.45) is 5.92 Å². The predicted octanol–water partition coefficient (Wildman–Crippen LogP) is 3.12. The van der Waals surface area contributed by atoms with E-state index in [0.29, 0.717) is 5.92 Å². The molecule has 0 N–H and O–H groups in total. The lowest BCUT2D eigenvalue weighted by Crippen LogP contribution is -1.94. The number of carbonyl (C=O) groups is 1. The van der Waals surface area contributed by atoms with Gasteiger partial charge in [-0.25, -0.2) is 0 Å². The molecule has 0 heterocycles. The lowest BCUT2D eigenvalue weighted by molar-refractivity contribution is -0.112. The average molecular weight is 166 g/mol. The highest BCUT2D eigenvalue weighted by Gasteiger charge is 2.00. The minimum atomic E-state index is 0.106. The first-order chi connectivity index (χ1) is 5.45. The van der Waals surface area contributed by atoms with Crippen molar-refractivity contribution in [1.29, 1.82) is 0 Å². The molecule has 0 unspecified atom stereocenters. The molecule has 0 saturated carbocycles. The Morgan fingerprint density at radius 3 is 1.83 bits per heavy atom. The molecule has 0 spiro atoms. The maximum Gasteiger partial charge on any atom is 0.152 e. The van der Waals surface area contributed by atoms with E-state index in [1.54, 1.807) is 13.0 Å². The van der Waals surface area contributed by atoms with Gasteiger partial charge in [-0.15, -0.1) is 0 Å². The molecule has 0 aromatic carbocycles. The summed E-state index contributed by atoms with van der Waals surface area (Å²) < 4.78 is 0. The topological polar surface area (TPSA) is 17.1 Å². The zero-order valence-electron chi connectivity index (χ0n) is 8.64. The van der Waals surface area contributed by atoms with Crippen LogP contribution in [0.25, 0.3) is 0 Å². The molecule has 0 rings (SSSR count). The highest BCUT2D eigenvalue weighted by atomic mass is 16.1. The van der Waals surface area contributed by atoms with Crippen LogP contribution in [0.3, 0.4) is 0 Å². The molecule has 1 heteroatoms. The highest BCUT2D eigenvalue weighted by molar-refractivity contribution is 5.87. The largest absolute Gasteiger partial charge is 0.295 e. The minimum Gasteiger partial charge on any atom is -0.295 e. The smallest absolute Gasteiger partial charge is 0.152 e. The van der Waals surface area contributed by atoms with Crippen LogP contribution < -0.4 is 0 Å². The van der Waals surface area contributed by atoms with Crippen LogP contribution in [-0.4, -0.2) is 5.78 Å². The van der Waals surface area contributed by atoms with Gasteiger partial charge in [0.15, 0.2) is 5.78 Å². The Kier molecular flexibility index (Phi) is 4.57. The Bertz CT molecular complexity index is 215. The van der Waals surface area contributed by atoms with Gasteiger partial charge in [-0.2, -0.15) is 0 Å². The van der Waals surface area contributed by atoms with Gasteiger partial charge in [0.25, 0.3) is 0 Å². The number of rotatable bonds is 3. The van der Waals surface area contributed by atoms with Crippen LogP contribution in [0.15, 0.2) is 23.3 Å². The molecule has 0 aromatic rings.